The van der Waals surface area contributed by atoms with Crippen LogP contribution in [-0.2, 0) is 10.0 Å². The molecule has 3 aromatic rings. The van der Waals surface area contributed by atoms with E-state index in [1.54, 1.807) is 12.1 Å². The number of aryl methyl sites for hydroxylation is 1. The van der Waals surface area contributed by atoms with E-state index in [0.29, 0.717) is 17.4 Å². The Bertz CT molecular complexity index is 1060. The maximum absolute atomic E-state index is 13.0. The number of aromatic nitrogens is 1. The second-order valence-electron chi connectivity index (χ2n) is 6.81. The topological polar surface area (TPSA) is 71.1 Å². The van der Waals surface area contributed by atoms with Crippen molar-refractivity contribution < 1.29 is 12.8 Å². The summed E-state index contributed by atoms with van der Waals surface area (Å²) in [6, 6.07) is 14.1. The third kappa shape index (κ3) is 4.48. The highest BCUT2D eigenvalue weighted by molar-refractivity contribution is 7.92. The number of hydrogen-bond donors (Lipinski definition) is 2. The van der Waals surface area contributed by atoms with E-state index >= 15 is 0 Å². The molecule has 5 nitrogen and oxygen atoms in total. The summed E-state index contributed by atoms with van der Waals surface area (Å²) >= 11 is 0. The number of para-hydroxylation sites is 1. The fourth-order valence-corrected chi connectivity index (χ4v) is 3.87. The van der Waals surface area contributed by atoms with Crippen LogP contribution in [0.5, 0.6) is 0 Å². The molecule has 0 aliphatic heterocycles. The number of hydrogen-bond acceptors (Lipinski definition) is 4. The van der Waals surface area contributed by atoms with Crippen LogP contribution in [0.3, 0.4) is 0 Å². The van der Waals surface area contributed by atoms with Gasteiger partial charge in [-0.2, -0.15) is 0 Å². The molecule has 0 saturated heterocycles. The second-order valence-corrected chi connectivity index (χ2v) is 8.49. The first kappa shape index (κ1) is 19.8. The van der Waals surface area contributed by atoms with E-state index in [1.165, 1.54) is 23.9 Å². The SMILES string of the molecule is Cc1cccc(C(C)C)c1Nc1ccc(NS(=O)(=O)c2ccc(F)cc2)cn1. The molecular formula is C21H22FN3O2S. The fraction of sp³-hybridized carbons (Fsp3) is 0.190. The second kappa shape index (κ2) is 7.98. The van der Waals surface area contributed by atoms with Crippen molar-refractivity contribution in [1.82, 2.24) is 4.98 Å². The van der Waals surface area contributed by atoms with Gasteiger partial charge in [0.15, 0.2) is 0 Å². The number of anilines is 3. The van der Waals surface area contributed by atoms with Crippen LogP contribution in [0.2, 0.25) is 0 Å². The Kier molecular flexibility index (Phi) is 5.65. The van der Waals surface area contributed by atoms with E-state index in [4.69, 9.17) is 0 Å². The minimum atomic E-state index is -3.80. The van der Waals surface area contributed by atoms with Gasteiger partial charge >= 0.3 is 0 Å². The zero-order chi connectivity index (χ0) is 20.3. The van der Waals surface area contributed by atoms with E-state index < -0.39 is 15.8 Å². The van der Waals surface area contributed by atoms with Crippen LogP contribution in [-0.4, -0.2) is 13.4 Å². The highest BCUT2D eigenvalue weighted by Gasteiger charge is 2.15. The molecule has 0 radical (unpaired) electrons. The minimum Gasteiger partial charge on any atom is -0.340 e. The van der Waals surface area contributed by atoms with Gasteiger partial charge < -0.3 is 5.32 Å². The van der Waals surface area contributed by atoms with Gasteiger partial charge in [-0.25, -0.2) is 17.8 Å². The summed E-state index contributed by atoms with van der Waals surface area (Å²) in [6.45, 7) is 6.28. The summed E-state index contributed by atoms with van der Waals surface area (Å²) < 4.78 is 40.2. The van der Waals surface area contributed by atoms with Crippen LogP contribution in [0, 0.1) is 12.7 Å². The molecule has 1 aromatic heterocycles. The zero-order valence-corrected chi connectivity index (χ0v) is 16.7. The molecule has 1 heterocycles. The maximum atomic E-state index is 13.0. The number of benzene rings is 2. The monoisotopic (exact) mass is 399 g/mol. The van der Waals surface area contributed by atoms with Gasteiger partial charge in [0.2, 0.25) is 0 Å². The summed E-state index contributed by atoms with van der Waals surface area (Å²) in [5, 5.41) is 3.32. The molecule has 0 spiro atoms. The van der Waals surface area contributed by atoms with Crippen molar-refractivity contribution in [3.05, 3.63) is 77.7 Å². The molecule has 28 heavy (non-hydrogen) atoms. The Labute approximate surface area is 164 Å². The molecule has 0 fully saturated rings. The maximum Gasteiger partial charge on any atom is 0.261 e. The smallest absolute Gasteiger partial charge is 0.261 e. The van der Waals surface area contributed by atoms with Crippen LogP contribution < -0.4 is 10.0 Å². The Hall–Kier alpha value is -2.93. The van der Waals surface area contributed by atoms with Crippen molar-refractivity contribution in [2.45, 2.75) is 31.6 Å². The predicted molar refractivity (Wildman–Crippen MR) is 110 cm³/mol. The first-order valence-corrected chi connectivity index (χ1v) is 10.4. The lowest BCUT2D eigenvalue weighted by atomic mass is 9.98. The predicted octanol–water partition coefficient (Wildman–Crippen LogP) is 5.20. The molecule has 0 saturated carbocycles. The first-order valence-electron chi connectivity index (χ1n) is 8.87. The van der Waals surface area contributed by atoms with E-state index in [-0.39, 0.29) is 4.90 Å². The van der Waals surface area contributed by atoms with Gasteiger partial charge in [-0.05, 0) is 60.4 Å². The Morgan fingerprint density at radius 2 is 1.71 bits per heavy atom. The van der Waals surface area contributed by atoms with Crippen LogP contribution in [0.25, 0.3) is 0 Å². The Morgan fingerprint density at radius 3 is 2.32 bits per heavy atom. The normalized spacial score (nSPS) is 11.5. The molecule has 0 aliphatic rings. The summed E-state index contributed by atoms with van der Waals surface area (Å²) in [7, 11) is -3.80. The highest BCUT2D eigenvalue weighted by atomic mass is 32.2. The van der Waals surface area contributed by atoms with Gasteiger partial charge in [0.05, 0.1) is 16.8 Å². The molecule has 2 N–H and O–H groups in total. The number of sulfonamides is 1. The van der Waals surface area contributed by atoms with Crippen molar-refractivity contribution in [3.8, 4) is 0 Å². The van der Waals surface area contributed by atoms with Crippen molar-refractivity contribution in [2.24, 2.45) is 0 Å². The van der Waals surface area contributed by atoms with Crippen molar-refractivity contribution in [1.29, 1.82) is 0 Å². The summed E-state index contributed by atoms with van der Waals surface area (Å²) in [6.07, 6.45) is 1.44. The van der Waals surface area contributed by atoms with Crippen molar-refractivity contribution in [3.63, 3.8) is 0 Å². The highest BCUT2D eigenvalue weighted by Crippen LogP contribution is 2.30. The summed E-state index contributed by atoms with van der Waals surface area (Å²) in [5.41, 5.74) is 3.62. The van der Waals surface area contributed by atoms with E-state index in [1.807, 2.05) is 19.1 Å². The molecule has 0 aliphatic carbocycles. The van der Waals surface area contributed by atoms with Gasteiger partial charge in [0.1, 0.15) is 11.6 Å². The molecular weight excluding hydrogens is 377 g/mol. The molecule has 0 atom stereocenters. The molecule has 2 aromatic carbocycles. The summed E-state index contributed by atoms with van der Waals surface area (Å²) in [4.78, 5) is 4.29. The molecule has 0 unspecified atom stereocenters. The van der Waals surface area contributed by atoms with Gasteiger partial charge in [0.25, 0.3) is 10.0 Å². The number of nitrogens with one attached hydrogen (secondary N) is 2. The average molecular weight is 399 g/mol. The number of pyridine rings is 1. The van der Waals surface area contributed by atoms with Crippen LogP contribution in [0.1, 0.15) is 30.9 Å². The zero-order valence-electron chi connectivity index (χ0n) is 15.9. The first-order chi connectivity index (χ1) is 13.3. The van der Waals surface area contributed by atoms with Crippen LogP contribution in [0.15, 0.2) is 65.7 Å². The van der Waals surface area contributed by atoms with Crippen LogP contribution >= 0.6 is 0 Å². The van der Waals surface area contributed by atoms with Gasteiger partial charge in [-0.3, -0.25) is 4.72 Å². The van der Waals surface area contributed by atoms with Crippen molar-refractivity contribution >= 4 is 27.2 Å². The van der Waals surface area contributed by atoms with E-state index in [0.717, 1.165) is 23.4 Å². The number of nitrogens with zero attached hydrogens (tertiary/aromatic N) is 1. The summed E-state index contributed by atoms with van der Waals surface area (Å²) in [5.74, 6) is 0.470. The Morgan fingerprint density at radius 1 is 1.00 bits per heavy atom. The van der Waals surface area contributed by atoms with Crippen molar-refractivity contribution in [2.75, 3.05) is 10.0 Å². The standard InChI is InChI=1S/C21H22FN3O2S/c1-14(2)19-6-4-5-15(3)21(19)24-20-12-9-17(13-23-20)25-28(26,27)18-10-7-16(22)8-11-18/h4-14,25H,1-3H3,(H,23,24). The van der Waals surface area contributed by atoms with E-state index in [9.17, 15) is 12.8 Å². The van der Waals surface area contributed by atoms with Crippen LogP contribution in [0.4, 0.5) is 21.6 Å². The lowest BCUT2D eigenvalue weighted by Crippen LogP contribution is -2.13. The van der Waals surface area contributed by atoms with Gasteiger partial charge in [-0.1, -0.05) is 32.0 Å². The molecule has 7 heteroatoms. The average Bonchev–Trinajstić information content (AvgIpc) is 2.65. The number of halogens is 1. The fourth-order valence-electron chi connectivity index (χ4n) is 2.83. The molecule has 3 rings (SSSR count). The molecule has 146 valence electrons. The molecule has 0 bridgehead atoms. The third-order valence-electron chi connectivity index (χ3n) is 4.32. The quantitative estimate of drug-likeness (QED) is 0.598. The molecule has 0 amide bonds. The van der Waals surface area contributed by atoms with Gasteiger partial charge in [-0.15, -0.1) is 0 Å². The minimum absolute atomic E-state index is 0.0161. The van der Waals surface area contributed by atoms with E-state index in [2.05, 4.69) is 34.9 Å². The Balaban J connectivity index is 1.79. The lowest BCUT2D eigenvalue weighted by molar-refractivity contribution is 0.599. The largest absolute Gasteiger partial charge is 0.340 e. The third-order valence-corrected chi connectivity index (χ3v) is 5.72. The number of rotatable bonds is 6. The lowest BCUT2D eigenvalue weighted by Gasteiger charge is -2.17. The van der Waals surface area contributed by atoms with Gasteiger partial charge in [0, 0.05) is 5.69 Å².